The van der Waals surface area contributed by atoms with Crippen LogP contribution in [-0.2, 0) is 6.54 Å². The molecule has 0 atom stereocenters. The van der Waals surface area contributed by atoms with Crippen molar-refractivity contribution in [1.29, 1.82) is 0 Å². The number of thiazole rings is 1. The van der Waals surface area contributed by atoms with Gasteiger partial charge in [-0.25, -0.2) is 15.0 Å². The summed E-state index contributed by atoms with van der Waals surface area (Å²) in [6, 6.07) is 0. The Bertz CT molecular complexity index is 758. The lowest BCUT2D eigenvalue weighted by Crippen LogP contribution is -2.06. The van der Waals surface area contributed by atoms with Crippen molar-refractivity contribution in [3.05, 3.63) is 47.1 Å². The molecule has 0 aromatic carbocycles. The van der Waals surface area contributed by atoms with E-state index in [-0.39, 0.29) is 0 Å². The maximum atomic E-state index is 4.88. The Kier molecular flexibility index (Phi) is 4.15. The lowest BCUT2D eigenvalue weighted by atomic mass is 9.90. The van der Waals surface area contributed by atoms with Gasteiger partial charge in [0, 0.05) is 36.1 Å². The van der Waals surface area contributed by atoms with Crippen LogP contribution in [0.2, 0.25) is 0 Å². The third-order valence-electron chi connectivity index (χ3n) is 4.36. The van der Waals surface area contributed by atoms with Crippen LogP contribution in [0.1, 0.15) is 48.7 Å². The van der Waals surface area contributed by atoms with Gasteiger partial charge in [0.05, 0.1) is 23.4 Å². The smallest absolute Gasteiger partial charge is 0.160 e. The highest BCUT2D eigenvalue weighted by Crippen LogP contribution is 2.34. The van der Waals surface area contributed by atoms with Crippen molar-refractivity contribution in [3.8, 4) is 11.5 Å². The highest BCUT2D eigenvalue weighted by atomic mass is 32.1. The summed E-state index contributed by atoms with van der Waals surface area (Å²) in [5, 5.41) is 3.49. The van der Waals surface area contributed by atoms with E-state index >= 15 is 0 Å². The predicted molar refractivity (Wildman–Crippen MR) is 90.3 cm³/mol. The van der Waals surface area contributed by atoms with E-state index < -0.39 is 0 Å². The summed E-state index contributed by atoms with van der Waals surface area (Å²) in [6.45, 7) is 0.731. The molecule has 0 amide bonds. The van der Waals surface area contributed by atoms with Crippen LogP contribution in [0.5, 0.6) is 0 Å². The van der Waals surface area contributed by atoms with Crippen LogP contribution in [0.15, 0.2) is 36.4 Å². The average molecular weight is 325 g/mol. The molecular weight excluding hydrogens is 306 g/mol. The fourth-order valence-electron chi connectivity index (χ4n) is 3.19. The van der Waals surface area contributed by atoms with E-state index in [9.17, 15) is 0 Å². The van der Waals surface area contributed by atoms with E-state index in [1.54, 1.807) is 36.1 Å². The van der Waals surface area contributed by atoms with Crippen LogP contribution in [-0.4, -0.2) is 24.5 Å². The maximum Gasteiger partial charge on any atom is 0.160 e. The zero-order valence-electron chi connectivity index (χ0n) is 12.9. The molecular formula is C17H19N5S. The summed E-state index contributed by atoms with van der Waals surface area (Å²) in [5.41, 5.74) is 1.90. The number of hydrogen-bond acceptors (Lipinski definition) is 5. The first-order valence-electron chi connectivity index (χ1n) is 8.12. The standard InChI is InChI=1S/C17H19N5S/c1-2-4-13(5-3-1)17-21-14(12-23-17)11-22-9-8-20-16(22)15-10-18-6-7-19-15/h6-10,12-13H,1-5,11H2. The van der Waals surface area contributed by atoms with E-state index in [2.05, 4.69) is 24.9 Å². The van der Waals surface area contributed by atoms with E-state index in [4.69, 9.17) is 4.98 Å². The number of imidazole rings is 1. The highest BCUT2D eigenvalue weighted by Gasteiger charge is 2.19. The fourth-order valence-corrected chi connectivity index (χ4v) is 4.17. The molecule has 0 spiro atoms. The number of rotatable bonds is 4. The maximum absolute atomic E-state index is 4.88. The highest BCUT2D eigenvalue weighted by molar-refractivity contribution is 7.09. The van der Waals surface area contributed by atoms with Crippen molar-refractivity contribution in [2.24, 2.45) is 0 Å². The van der Waals surface area contributed by atoms with Crippen LogP contribution in [0, 0.1) is 0 Å². The van der Waals surface area contributed by atoms with Crippen LogP contribution in [0.3, 0.4) is 0 Å². The van der Waals surface area contributed by atoms with Crippen molar-refractivity contribution in [1.82, 2.24) is 24.5 Å². The number of aromatic nitrogens is 5. The Morgan fingerprint density at radius 3 is 2.83 bits per heavy atom. The van der Waals surface area contributed by atoms with Crippen LogP contribution >= 0.6 is 11.3 Å². The Balaban J connectivity index is 1.53. The van der Waals surface area contributed by atoms with Gasteiger partial charge in [0.25, 0.3) is 0 Å². The first-order chi connectivity index (χ1) is 11.4. The van der Waals surface area contributed by atoms with E-state index in [0.29, 0.717) is 5.92 Å². The monoisotopic (exact) mass is 325 g/mol. The van der Waals surface area contributed by atoms with Gasteiger partial charge >= 0.3 is 0 Å². The minimum Gasteiger partial charge on any atom is -0.324 e. The molecule has 0 radical (unpaired) electrons. The third-order valence-corrected chi connectivity index (χ3v) is 5.42. The quantitative estimate of drug-likeness (QED) is 0.730. The van der Waals surface area contributed by atoms with Crippen LogP contribution in [0.25, 0.3) is 11.5 Å². The lowest BCUT2D eigenvalue weighted by Gasteiger charge is -2.18. The molecule has 23 heavy (non-hydrogen) atoms. The molecule has 1 fully saturated rings. The second-order valence-electron chi connectivity index (χ2n) is 5.98. The van der Waals surface area contributed by atoms with Crippen molar-refractivity contribution in [3.63, 3.8) is 0 Å². The van der Waals surface area contributed by atoms with Gasteiger partial charge in [-0.2, -0.15) is 0 Å². The van der Waals surface area contributed by atoms with Gasteiger partial charge in [-0.3, -0.25) is 4.98 Å². The zero-order valence-corrected chi connectivity index (χ0v) is 13.7. The molecule has 1 saturated carbocycles. The van der Waals surface area contributed by atoms with Gasteiger partial charge in [0.2, 0.25) is 0 Å². The summed E-state index contributed by atoms with van der Waals surface area (Å²) in [7, 11) is 0. The molecule has 3 aromatic rings. The summed E-state index contributed by atoms with van der Waals surface area (Å²) < 4.78 is 2.09. The molecule has 0 aliphatic heterocycles. The second kappa shape index (κ2) is 6.58. The summed E-state index contributed by atoms with van der Waals surface area (Å²) in [5.74, 6) is 1.51. The molecule has 4 rings (SSSR count). The zero-order chi connectivity index (χ0) is 15.5. The molecule has 0 unspecified atom stereocenters. The largest absolute Gasteiger partial charge is 0.324 e. The summed E-state index contributed by atoms with van der Waals surface area (Å²) in [6.07, 6.45) is 15.5. The predicted octanol–water partition coefficient (Wildman–Crippen LogP) is 3.89. The molecule has 6 heteroatoms. The van der Waals surface area contributed by atoms with Crippen molar-refractivity contribution >= 4 is 11.3 Å². The summed E-state index contributed by atoms with van der Waals surface area (Å²) in [4.78, 5) is 17.8. The number of hydrogen-bond donors (Lipinski definition) is 0. The van der Waals surface area contributed by atoms with Gasteiger partial charge < -0.3 is 4.57 Å². The SMILES string of the molecule is c1cnc(-c2nccn2Cc2csc(C3CCCCC3)n2)cn1. The fraction of sp³-hybridized carbons (Fsp3) is 0.412. The molecule has 0 saturated heterocycles. The first kappa shape index (κ1) is 14.5. The topological polar surface area (TPSA) is 56.5 Å². The van der Waals surface area contributed by atoms with Gasteiger partial charge in [-0.05, 0) is 12.8 Å². The van der Waals surface area contributed by atoms with Crippen LogP contribution < -0.4 is 0 Å². The molecule has 3 aromatic heterocycles. The summed E-state index contributed by atoms with van der Waals surface area (Å²) >= 11 is 1.81. The Morgan fingerprint density at radius 2 is 2.00 bits per heavy atom. The third kappa shape index (κ3) is 3.17. The molecule has 1 aliphatic rings. The van der Waals surface area contributed by atoms with Crippen molar-refractivity contribution in [2.45, 2.75) is 44.6 Å². The lowest BCUT2D eigenvalue weighted by molar-refractivity contribution is 0.442. The van der Waals surface area contributed by atoms with E-state index in [1.165, 1.54) is 37.1 Å². The van der Waals surface area contributed by atoms with Gasteiger partial charge in [0.1, 0.15) is 5.69 Å². The first-order valence-corrected chi connectivity index (χ1v) is 9.00. The van der Waals surface area contributed by atoms with Crippen LogP contribution in [0.4, 0.5) is 0 Å². The van der Waals surface area contributed by atoms with Gasteiger partial charge in [-0.1, -0.05) is 19.3 Å². The minimum atomic E-state index is 0.671. The Hall–Kier alpha value is -2.08. The molecule has 1 aliphatic carbocycles. The number of nitrogens with zero attached hydrogens (tertiary/aromatic N) is 5. The molecule has 0 N–H and O–H groups in total. The molecule has 0 bridgehead atoms. The normalized spacial score (nSPS) is 15.8. The molecule has 3 heterocycles. The molecule has 5 nitrogen and oxygen atoms in total. The second-order valence-corrected chi connectivity index (χ2v) is 6.87. The van der Waals surface area contributed by atoms with Gasteiger partial charge in [-0.15, -0.1) is 11.3 Å². The molecule has 118 valence electrons. The Morgan fingerprint density at radius 1 is 1.09 bits per heavy atom. The average Bonchev–Trinajstić information content (AvgIpc) is 3.26. The van der Waals surface area contributed by atoms with Crippen molar-refractivity contribution in [2.75, 3.05) is 0 Å². The minimum absolute atomic E-state index is 0.671. The van der Waals surface area contributed by atoms with Crippen molar-refractivity contribution < 1.29 is 0 Å². The van der Waals surface area contributed by atoms with E-state index in [1.807, 2.05) is 6.20 Å². The van der Waals surface area contributed by atoms with Gasteiger partial charge in [0.15, 0.2) is 5.82 Å². The van der Waals surface area contributed by atoms with E-state index in [0.717, 1.165) is 23.8 Å². The Labute approximate surface area is 139 Å².